The summed E-state index contributed by atoms with van der Waals surface area (Å²) in [4.78, 5) is 24.6. The Morgan fingerprint density at radius 2 is 2.12 bits per heavy atom. The zero-order valence-corrected chi connectivity index (χ0v) is 14.1. The quantitative estimate of drug-likeness (QED) is 0.875. The number of hydrogen-bond donors (Lipinski definition) is 2. The van der Waals surface area contributed by atoms with Gasteiger partial charge in [-0.2, -0.15) is 0 Å². The molecule has 1 aromatic carbocycles. The molecule has 1 saturated carbocycles. The van der Waals surface area contributed by atoms with Crippen molar-refractivity contribution in [2.75, 3.05) is 13.1 Å². The smallest absolute Gasteiger partial charge is 0.407 e. The first-order valence-electron chi connectivity index (χ1n) is 8.49. The predicted molar refractivity (Wildman–Crippen MR) is 87.5 cm³/mol. The molecule has 0 unspecified atom stereocenters. The van der Waals surface area contributed by atoms with Gasteiger partial charge in [0.25, 0.3) is 0 Å². The number of nitrogens with one attached hydrogen (secondary N) is 1. The lowest BCUT2D eigenvalue weighted by molar-refractivity contribution is -0.128. The van der Waals surface area contributed by atoms with Crippen LogP contribution in [0.15, 0.2) is 18.2 Å². The zero-order valence-electron chi connectivity index (χ0n) is 14.1. The van der Waals surface area contributed by atoms with Crippen LogP contribution in [-0.4, -0.2) is 47.3 Å². The fraction of sp³-hybridized carbons (Fsp3) is 0.556. The summed E-state index contributed by atoms with van der Waals surface area (Å²) in [5.41, 5.74) is 1.18. The second-order valence-electron chi connectivity index (χ2n) is 7.14. The molecule has 25 heavy (non-hydrogen) atoms. The maximum absolute atomic E-state index is 14.2. The number of likely N-dealkylation sites (tertiary alicyclic amines) is 1. The molecule has 2 amide bonds. The van der Waals surface area contributed by atoms with Crippen molar-refractivity contribution >= 4 is 12.0 Å². The number of carbonyl (C=O) groups is 2. The molecule has 3 rings (SSSR count). The number of halogens is 2. The highest BCUT2D eigenvalue weighted by molar-refractivity contribution is 5.86. The summed E-state index contributed by atoms with van der Waals surface area (Å²) in [6, 6.07) is 3.87. The van der Waals surface area contributed by atoms with E-state index in [4.69, 9.17) is 5.11 Å². The topological polar surface area (TPSA) is 69.6 Å². The van der Waals surface area contributed by atoms with E-state index in [1.807, 2.05) is 6.92 Å². The van der Waals surface area contributed by atoms with Gasteiger partial charge in [-0.25, -0.2) is 13.6 Å². The summed E-state index contributed by atoms with van der Waals surface area (Å²) >= 11 is 0. The van der Waals surface area contributed by atoms with Gasteiger partial charge in [0.1, 0.15) is 12.0 Å². The lowest BCUT2D eigenvalue weighted by Gasteiger charge is -2.34. The molecular formula is C18H22F2N2O3. The molecule has 1 aromatic rings. The molecule has 0 bridgehead atoms. The van der Waals surface area contributed by atoms with Crippen molar-refractivity contribution in [3.8, 4) is 0 Å². The minimum Gasteiger partial charge on any atom is -0.465 e. The maximum Gasteiger partial charge on any atom is 0.407 e. The van der Waals surface area contributed by atoms with Gasteiger partial charge in [-0.05, 0) is 55.9 Å². The van der Waals surface area contributed by atoms with Gasteiger partial charge in [0, 0.05) is 6.54 Å². The van der Waals surface area contributed by atoms with E-state index in [2.05, 4.69) is 5.32 Å². The van der Waals surface area contributed by atoms with Crippen LogP contribution in [0.1, 0.15) is 30.4 Å². The molecular weight excluding hydrogens is 330 g/mol. The van der Waals surface area contributed by atoms with Gasteiger partial charge in [-0.1, -0.05) is 6.07 Å². The van der Waals surface area contributed by atoms with Crippen molar-refractivity contribution < 1.29 is 23.5 Å². The van der Waals surface area contributed by atoms with Gasteiger partial charge in [-0.3, -0.25) is 4.79 Å². The minimum atomic E-state index is -1.41. The molecule has 2 N–H and O–H groups in total. The Morgan fingerprint density at radius 3 is 2.68 bits per heavy atom. The van der Waals surface area contributed by atoms with Gasteiger partial charge >= 0.3 is 6.09 Å². The van der Waals surface area contributed by atoms with Crippen LogP contribution in [0.3, 0.4) is 0 Å². The molecule has 2 atom stereocenters. The normalized spacial score (nSPS) is 24.7. The molecule has 136 valence electrons. The third-order valence-corrected chi connectivity index (χ3v) is 5.30. The van der Waals surface area contributed by atoms with Gasteiger partial charge < -0.3 is 15.3 Å². The summed E-state index contributed by atoms with van der Waals surface area (Å²) in [6.07, 6.45) is -0.322. The SMILES string of the molecule is Cc1cc(F)ccc1CC1(C(=O)N[C@H]2CCN(C(=O)O)C[C@@H]2F)CC1. The highest BCUT2D eigenvalue weighted by atomic mass is 19.1. The Bertz CT molecular complexity index is 691. The molecule has 5 nitrogen and oxygen atoms in total. The number of alkyl halides is 1. The van der Waals surface area contributed by atoms with Crippen LogP contribution in [0.2, 0.25) is 0 Å². The highest BCUT2D eigenvalue weighted by Crippen LogP contribution is 2.49. The van der Waals surface area contributed by atoms with Crippen molar-refractivity contribution in [2.24, 2.45) is 5.41 Å². The lowest BCUT2D eigenvalue weighted by Crippen LogP contribution is -2.54. The first kappa shape index (κ1) is 17.6. The summed E-state index contributed by atoms with van der Waals surface area (Å²) in [7, 11) is 0. The van der Waals surface area contributed by atoms with Crippen molar-refractivity contribution in [1.82, 2.24) is 10.2 Å². The Kier molecular flexibility index (Phi) is 4.67. The molecule has 1 aliphatic carbocycles. The molecule has 0 spiro atoms. The van der Waals surface area contributed by atoms with Gasteiger partial charge in [0.2, 0.25) is 5.91 Å². The van der Waals surface area contributed by atoms with Crippen molar-refractivity contribution in [2.45, 2.75) is 44.8 Å². The molecule has 7 heteroatoms. The average Bonchev–Trinajstić information content (AvgIpc) is 3.33. The van der Waals surface area contributed by atoms with Crippen LogP contribution >= 0.6 is 0 Å². The molecule has 1 aliphatic heterocycles. The van der Waals surface area contributed by atoms with Crippen LogP contribution < -0.4 is 5.32 Å². The number of piperidine rings is 1. The summed E-state index contributed by atoms with van der Waals surface area (Å²) < 4.78 is 27.4. The third kappa shape index (κ3) is 3.75. The first-order chi connectivity index (χ1) is 11.8. The first-order valence-corrected chi connectivity index (χ1v) is 8.49. The van der Waals surface area contributed by atoms with E-state index in [9.17, 15) is 18.4 Å². The van der Waals surface area contributed by atoms with E-state index < -0.39 is 23.7 Å². The summed E-state index contributed by atoms with van der Waals surface area (Å²) in [5, 5.41) is 11.7. The third-order valence-electron chi connectivity index (χ3n) is 5.30. The van der Waals surface area contributed by atoms with Crippen molar-refractivity contribution in [3.63, 3.8) is 0 Å². The maximum atomic E-state index is 14.2. The van der Waals surface area contributed by atoms with Crippen LogP contribution in [-0.2, 0) is 11.2 Å². The molecule has 0 radical (unpaired) electrons. The second kappa shape index (κ2) is 6.61. The van der Waals surface area contributed by atoms with E-state index in [0.29, 0.717) is 6.42 Å². The fourth-order valence-electron chi connectivity index (χ4n) is 3.42. The van der Waals surface area contributed by atoms with Crippen LogP contribution in [0, 0.1) is 18.2 Å². The Balaban J connectivity index is 1.62. The molecule has 0 aromatic heterocycles. The largest absolute Gasteiger partial charge is 0.465 e. The standard InChI is InChI=1S/C18H22F2N2O3/c1-11-8-13(19)3-2-12(11)9-18(5-6-18)16(23)21-15-4-7-22(17(24)25)10-14(15)20/h2-3,8,14-15H,4-7,9-10H2,1H3,(H,21,23)(H,24,25)/t14-,15-/m0/s1. The van der Waals surface area contributed by atoms with Crippen LogP contribution in [0.5, 0.6) is 0 Å². The molecule has 1 saturated heterocycles. The molecule has 2 aliphatic rings. The number of rotatable bonds is 4. The monoisotopic (exact) mass is 352 g/mol. The van der Waals surface area contributed by atoms with Crippen molar-refractivity contribution in [3.05, 3.63) is 35.1 Å². The number of nitrogens with zero attached hydrogens (tertiary/aromatic N) is 1. The fourth-order valence-corrected chi connectivity index (χ4v) is 3.42. The van der Waals surface area contributed by atoms with E-state index in [-0.39, 0.29) is 31.2 Å². The van der Waals surface area contributed by atoms with E-state index in [0.717, 1.165) is 28.9 Å². The Labute approximate surface area is 145 Å². The average molecular weight is 352 g/mol. The van der Waals surface area contributed by atoms with E-state index >= 15 is 0 Å². The lowest BCUT2D eigenvalue weighted by atomic mass is 9.92. The van der Waals surface area contributed by atoms with Gasteiger partial charge in [0.15, 0.2) is 0 Å². The predicted octanol–water partition coefficient (Wildman–Crippen LogP) is 2.66. The van der Waals surface area contributed by atoms with E-state index in [1.54, 1.807) is 6.07 Å². The number of carboxylic acid groups (broad SMARTS) is 1. The highest BCUT2D eigenvalue weighted by Gasteiger charge is 2.50. The van der Waals surface area contributed by atoms with Gasteiger partial charge in [0.05, 0.1) is 18.0 Å². The Morgan fingerprint density at radius 1 is 1.40 bits per heavy atom. The van der Waals surface area contributed by atoms with Crippen LogP contribution in [0.4, 0.5) is 13.6 Å². The Hall–Kier alpha value is -2.18. The van der Waals surface area contributed by atoms with Gasteiger partial charge in [-0.15, -0.1) is 0 Å². The zero-order chi connectivity index (χ0) is 18.2. The van der Waals surface area contributed by atoms with Crippen molar-refractivity contribution in [1.29, 1.82) is 0 Å². The number of aryl methyl sites for hydroxylation is 1. The summed E-state index contributed by atoms with van der Waals surface area (Å²) in [5.74, 6) is -0.492. The second-order valence-corrected chi connectivity index (χ2v) is 7.14. The molecule has 2 fully saturated rings. The van der Waals surface area contributed by atoms with E-state index in [1.165, 1.54) is 12.1 Å². The van der Waals surface area contributed by atoms with Crippen LogP contribution in [0.25, 0.3) is 0 Å². The number of amides is 2. The number of hydrogen-bond acceptors (Lipinski definition) is 2. The number of benzene rings is 1. The number of carbonyl (C=O) groups excluding carboxylic acids is 1. The summed E-state index contributed by atoms with van der Waals surface area (Å²) in [6.45, 7) is 1.81. The molecule has 1 heterocycles. The minimum absolute atomic E-state index is 0.187.